The topological polar surface area (TPSA) is 85.5 Å². The van der Waals surface area contributed by atoms with Gasteiger partial charge in [-0.3, -0.25) is 19.6 Å². The number of nitro benzene ring substituents is 1. The monoisotopic (exact) mass is 414 g/mol. The van der Waals surface area contributed by atoms with E-state index in [0.29, 0.717) is 17.2 Å². The molecule has 2 aromatic heterocycles. The first-order chi connectivity index (χ1) is 14.1. The van der Waals surface area contributed by atoms with Crippen molar-refractivity contribution >= 4 is 23.6 Å². The van der Waals surface area contributed by atoms with Gasteiger partial charge in [0, 0.05) is 50.5 Å². The molecule has 0 amide bonds. The summed E-state index contributed by atoms with van der Waals surface area (Å²) < 4.78 is 10.00. The molecule has 1 aliphatic heterocycles. The lowest BCUT2D eigenvalue weighted by Gasteiger charge is -2.35. The number of hydrogen-bond acceptors (Lipinski definition) is 7. The normalized spacial score (nSPS) is 15.0. The third kappa shape index (κ3) is 3.94. The van der Waals surface area contributed by atoms with E-state index in [9.17, 15) is 10.1 Å². The highest BCUT2D eigenvalue weighted by Gasteiger charge is 2.20. The van der Waals surface area contributed by atoms with Gasteiger partial charge in [0.05, 0.1) is 17.9 Å². The van der Waals surface area contributed by atoms with E-state index in [4.69, 9.17) is 16.6 Å². The van der Waals surface area contributed by atoms with Crippen molar-refractivity contribution in [2.75, 3.05) is 31.1 Å². The first-order valence-electron chi connectivity index (χ1n) is 9.50. The fraction of sp³-hybridized carbons (Fsp3) is 0.368. The van der Waals surface area contributed by atoms with Gasteiger partial charge < -0.3 is 9.32 Å². The number of benzene rings is 1. The van der Waals surface area contributed by atoms with Crippen molar-refractivity contribution in [2.24, 2.45) is 0 Å². The van der Waals surface area contributed by atoms with Crippen LogP contribution in [0.25, 0.3) is 11.6 Å². The van der Waals surface area contributed by atoms with Gasteiger partial charge >= 0.3 is 0 Å². The Morgan fingerprint density at radius 1 is 1.17 bits per heavy atom. The molecule has 0 bridgehead atoms. The highest BCUT2D eigenvalue weighted by molar-refractivity contribution is 7.71. The molecule has 1 saturated heterocycles. The molecule has 1 aromatic carbocycles. The molecule has 0 radical (unpaired) electrons. The summed E-state index contributed by atoms with van der Waals surface area (Å²) in [5, 5.41) is 15.5. The minimum atomic E-state index is -0.377. The molecule has 0 atom stereocenters. The van der Waals surface area contributed by atoms with Gasteiger partial charge in [-0.15, -0.1) is 5.10 Å². The van der Waals surface area contributed by atoms with Gasteiger partial charge in [0.15, 0.2) is 16.4 Å². The number of non-ortho nitro benzene ring substituents is 1. The highest BCUT2D eigenvalue weighted by Crippen LogP contribution is 2.22. The summed E-state index contributed by atoms with van der Waals surface area (Å²) in [6.07, 6.45) is 1.63. The third-order valence-corrected chi connectivity index (χ3v) is 5.54. The Hall–Kier alpha value is -2.98. The minimum Gasteiger partial charge on any atom is -0.461 e. The molecular weight excluding hydrogens is 392 g/mol. The zero-order valence-corrected chi connectivity index (χ0v) is 16.9. The molecule has 10 heteroatoms. The van der Waals surface area contributed by atoms with Crippen molar-refractivity contribution in [2.45, 2.75) is 20.1 Å². The molecule has 0 saturated carbocycles. The number of anilines is 1. The number of nitro groups is 1. The van der Waals surface area contributed by atoms with Gasteiger partial charge in [-0.25, -0.2) is 4.68 Å². The zero-order valence-electron chi connectivity index (χ0n) is 16.1. The molecule has 3 heterocycles. The average Bonchev–Trinajstić information content (AvgIpc) is 3.37. The van der Waals surface area contributed by atoms with Crippen molar-refractivity contribution in [3.05, 3.63) is 57.5 Å². The van der Waals surface area contributed by atoms with E-state index in [1.807, 2.05) is 40.4 Å². The average molecular weight is 414 g/mol. The summed E-state index contributed by atoms with van der Waals surface area (Å²) in [5.41, 5.74) is 1.11. The molecule has 0 aliphatic carbocycles. The van der Waals surface area contributed by atoms with Crippen LogP contribution in [-0.2, 0) is 13.2 Å². The van der Waals surface area contributed by atoms with E-state index in [2.05, 4.69) is 14.9 Å². The van der Waals surface area contributed by atoms with Crippen LogP contribution in [0.1, 0.15) is 6.92 Å². The van der Waals surface area contributed by atoms with Gasteiger partial charge in [0.2, 0.25) is 0 Å². The molecule has 0 unspecified atom stereocenters. The maximum atomic E-state index is 10.8. The van der Waals surface area contributed by atoms with Gasteiger partial charge in [-0.1, -0.05) is 0 Å². The zero-order chi connectivity index (χ0) is 20.4. The van der Waals surface area contributed by atoms with E-state index < -0.39 is 0 Å². The van der Waals surface area contributed by atoms with Crippen molar-refractivity contribution in [3.63, 3.8) is 0 Å². The summed E-state index contributed by atoms with van der Waals surface area (Å²) in [7, 11) is 0. The maximum absolute atomic E-state index is 10.8. The summed E-state index contributed by atoms with van der Waals surface area (Å²) >= 11 is 5.62. The van der Waals surface area contributed by atoms with Crippen LogP contribution in [0.15, 0.2) is 47.1 Å². The quantitative estimate of drug-likeness (QED) is 0.347. The minimum absolute atomic E-state index is 0.112. The lowest BCUT2D eigenvalue weighted by Crippen LogP contribution is -2.47. The largest absolute Gasteiger partial charge is 0.461 e. The van der Waals surface area contributed by atoms with Gasteiger partial charge in [0.1, 0.15) is 0 Å². The van der Waals surface area contributed by atoms with Crippen LogP contribution in [0.3, 0.4) is 0 Å². The van der Waals surface area contributed by atoms with Crippen LogP contribution in [0, 0.1) is 14.9 Å². The SMILES string of the molecule is CCn1c(-c2ccco2)nn(CN2CCN(c3ccc([N+](=O)[O-])cc3)CC2)c1=S. The third-order valence-electron chi connectivity index (χ3n) is 5.11. The Morgan fingerprint density at radius 2 is 1.90 bits per heavy atom. The Morgan fingerprint density at radius 3 is 2.48 bits per heavy atom. The number of piperazine rings is 1. The summed E-state index contributed by atoms with van der Waals surface area (Å²) in [4.78, 5) is 15.0. The first-order valence-corrected chi connectivity index (χ1v) is 9.91. The van der Waals surface area contributed by atoms with Crippen molar-refractivity contribution in [1.29, 1.82) is 0 Å². The summed E-state index contributed by atoms with van der Waals surface area (Å²) in [6, 6.07) is 10.4. The number of aromatic nitrogens is 3. The standard InChI is InChI=1S/C19H22N6O3S/c1-2-23-18(17-4-3-13-28-17)20-24(19(23)29)14-21-9-11-22(12-10-21)15-5-7-16(8-6-15)25(26)27/h3-8,13H,2,9-12,14H2,1H3. The van der Waals surface area contributed by atoms with Crippen LogP contribution in [0.4, 0.5) is 11.4 Å². The van der Waals surface area contributed by atoms with Gasteiger partial charge in [-0.2, -0.15) is 0 Å². The second-order valence-corrected chi connectivity index (χ2v) is 7.21. The fourth-order valence-corrected chi connectivity index (χ4v) is 3.84. The number of rotatable bonds is 6. The lowest BCUT2D eigenvalue weighted by atomic mass is 10.2. The Balaban J connectivity index is 1.42. The molecule has 152 valence electrons. The van der Waals surface area contributed by atoms with Gasteiger partial charge in [0.25, 0.3) is 5.69 Å². The van der Waals surface area contributed by atoms with E-state index >= 15 is 0 Å². The second kappa shape index (κ2) is 8.18. The number of hydrogen-bond donors (Lipinski definition) is 0. The van der Waals surface area contributed by atoms with Crippen LogP contribution in [-0.4, -0.2) is 50.3 Å². The fourth-order valence-electron chi connectivity index (χ4n) is 3.53. The Labute approximate surface area is 172 Å². The predicted molar refractivity (Wildman–Crippen MR) is 111 cm³/mol. The van der Waals surface area contributed by atoms with E-state index in [0.717, 1.165) is 44.2 Å². The first kappa shape index (κ1) is 19.3. The van der Waals surface area contributed by atoms with Crippen LogP contribution < -0.4 is 4.90 Å². The Bertz CT molecular complexity index is 1030. The van der Waals surface area contributed by atoms with Crippen LogP contribution in [0.5, 0.6) is 0 Å². The summed E-state index contributed by atoms with van der Waals surface area (Å²) in [6.45, 7) is 6.77. The van der Waals surface area contributed by atoms with Crippen molar-refractivity contribution in [3.8, 4) is 11.6 Å². The van der Waals surface area contributed by atoms with E-state index in [1.165, 1.54) is 0 Å². The molecule has 4 rings (SSSR count). The predicted octanol–water partition coefficient (Wildman–Crippen LogP) is 3.38. The van der Waals surface area contributed by atoms with Gasteiger partial charge in [-0.05, 0) is 43.4 Å². The number of furan rings is 1. The van der Waals surface area contributed by atoms with E-state index in [-0.39, 0.29) is 10.6 Å². The Kier molecular flexibility index (Phi) is 5.45. The highest BCUT2D eigenvalue weighted by atomic mass is 32.1. The van der Waals surface area contributed by atoms with Crippen molar-refractivity contribution in [1.82, 2.24) is 19.2 Å². The molecule has 3 aromatic rings. The molecule has 0 N–H and O–H groups in total. The molecule has 0 spiro atoms. The smallest absolute Gasteiger partial charge is 0.269 e. The van der Waals surface area contributed by atoms with Crippen molar-refractivity contribution < 1.29 is 9.34 Å². The molecule has 1 fully saturated rings. The number of nitrogens with zero attached hydrogens (tertiary/aromatic N) is 6. The lowest BCUT2D eigenvalue weighted by molar-refractivity contribution is -0.384. The second-order valence-electron chi connectivity index (χ2n) is 6.85. The summed E-state index contributed by atoms with van der Waals surface area (Å²) in [5.74, 6) is 1.45. The molecular formula is C19H22N6O3S. The molecule has 1 aliphatic rings. The molecule has 29 heavy (non-hydrogen) atoms. The van der Waals surface area contributed by atoms with E-state index in [1.54, 1.807) is 18.4 Å². The molecule has 9 nitrogen and oxygen atoms in total. The maximum Gasteiger partial charge on any atom is 0.269 e. The van der Waals surface area contributed by atoms with Crippen LogP contribution in [0.2, 0.25) is 0 Å². The van der Waals surface area contributed by atoms with Crippen LogP contribution >= 0.6 is 12.2 Å².